The van der Waals surface area contributed by atoms with Gasteiger partial charge in [0.05, 0.1) is 23.1 Å². The molecule has 5 nitrogen and oxygen atoms in total. The lowest BCUT2D eigenvalue weighted by Gasteiger charge is -2.30. The van der Waals surface area contributed by atoms with Gasteiger partial charge in [-0.3, -0.25) is 0 Å². The number of hydrogen-bond acceptors (Lipinski definition) is 5. The Kier molecular flexibility index (Phi) is 3.15. The number of hydrogen-bond donors (Lipinski definition) is 1. The lowest BCUT2D eigenvalue weighted by molar-refractivity contribution is -0.137. The van der Waals surface area contributed by atoms with E-state index in [1.165, 1.54) is 12.5 Å². The van der Waals surface area contributed by atoms with Crippen LogP contribution in [0.5, 0.6) is 0 Å². The van der Waals surface area contributed by atoms with Crippen molar-refractivity contribution in [2.45, 2.75) is 19.1 Å². The molecule has 0 amide bonds. The van der Waals surface area contributed by atoms with Gasteiger partial charge in [0.1, 0.15) is 12.1 Å². The number of aromatic nitrogens is 3. The zero-order valence-corrected chi connectivity index (χ0v) is 10.9. The Morgan fingerprint density at radius 3 is 2.76 bits per heavy atom. The normalized spacial score (nSPS) is 14.9. The molecule has 8 heteroatoms. The molecule has 110 valence electrons. The van der Waals surface area contributed by atoms with Gasteiger partial charge in [-0.15, -0.1) is 0 Å². The number of nitrogen functional groups attached to an aromatic ring is 1. The Labute approximate surface area is 118 Å². The van der Waals surface area contributed by atoms with Crippen molar-refractivity contribution in [1.82, 2.24) is 15.0 Å². The fraction of sp³-hybridized carbons (Fsp3) is 0.308. The summed E-state index contributed by atoms with van der Waals surface area (Å²) >= 11 is 0. The first-order chi connectivity index (χ1) is 9.95. The van der Waals surface area contributed by atoms with Crippen LogP contribution < -0.4 is 10.6 Å². The monoisotopic (exact) mass is 295 g/mol. The van der Waals surface area contributed by atoms with Gasteiger partial charge < -0.3 is 10.6 Å². The molecular formula is C13H12F3N5. The van der Waals surface area contributed by atoms with Crippen LogP contribution in [0.3, 0.4) is 0 Å². The maximum atomic E-state index is 12.9. The van der Waals surface area contributed by atoms with E-state index in [1.807, 2.05) is 4.90 Å². The van der Waals surface area contributed by atoms with Crippen LogP contribution in [0.4, 0.5) is 24.7 Å². The summed E-state index contributed by atoms with van der Waals surface area (Å²) < 4.78 is 38.6. The van der Waals surface area contributed by atoms with Crippen LogP contribution in [-0.2, 0) is 19.1 Å². The molecule has 0 aliphatic carbocycles. The molecule has 0 fully saturated rings. The smallest absolute Gasteiger partial charge is 0.383 e. The highest BCUT2D eigenvalue weighted by Crippen LogP contribution is 2.35. The Bertz CT molecular complexity index is 671. The predicted octanol–water partition coefficient (Wildman–Crippen LogP) is 2.04. The molecule has 2 aromatic rings. The second-order valence-electron chi connectivity index (χ2n) is 4.79. The molecule has 0 saturated carbocycles. The van der Waals surface area contributed by atoms with Gasteiger partial charge in [0, 0.05) is 31.3 Å². The van der Waals surface area contributed by atoms with Crippen LogP contribution in [0.1, 0.15) is 16.8 Å². The standard InChI is InChI=1S/C13H12F3N5/c14-13(15,16)10-3-9(5-19-12(10)17)21-2-1-11-8(6-21)4-18-7-20-11/h3-5,7H,1-2,6H2,(H2,17,19). The summed E-state index contributed by atoms with van der Waals surface area (Å²) in [4.78, 5) is 13.6. The van der Waals surface area contributed by atoms with Gasteiger partial charge in [-0.05, 0) is 6.07 Å². The van der Waals surface area contributed by atoms with Crippen molar-refractivity contribution in [1.29, 1.82) is 0 Å². The van der Waals surface area contributed by atoms with Crippen molar-refractivity contribution >= 4 is 11.5 Å². The van der Waals surface area contributed by atoms with E-state index >= 15 is 0 Å². The van der Waals surface area contributed by atoms with Crippen molar-refractivity contribution < 1.29 is 13.2 Å². The van der Waals surface area contributed by atoms with E-state index in [0.717, 1.165) is 17.3 Å². The second-order valence-corrected chi connectivity index (χ2v) is 4.79. The molecule has 0 saturated heterocycles. The van der Waals surface area contributed by atoms with Crippen LogP contribution in [0, 0.1) is 0 Å². The summed E-state index contributed by atoms with van der Waals surface area (Å²) in [6, 6.07) is 1.04. The number of rotatable bonds is 1. The highest BCUT2D eigenvalue weighted by atomic mass is 19.4. The lowest BCUT2D eigenvalue weighted by Crippen LogP contribution is -2.31. The van der Waals surface area contributed by atoms with E-state index in [2.05, 4.69) is 15.0 Å². The molecule has 0 spiro atoms. The third-order valence-corrected chi connectivity index (χ3v) is 3.44. The molecular weight excluding hydrogens is 283 g/mol. The number of alkyl halides is 3. The van der Waals surface area contributed by atoms with Gasteiger partial charge in [-0.25, -0.2) is 15.0 Å². The van der Waals surface area contributed by atoms with E-state index < -0.39 is 17.6 Å². The number of halogens is 3. The molecule has 0 aromatic carbocycles. The van der Waals surface area contributed by atoms with Crippen LogP contribution in [0.15, 0.2) is 24.8 Å². The van der Waals surface area contributed by atoms with E-state index in [0.29, 0.717) is 25.2 Å². The van der Waals surface area contributed by atoms with E-state index in [9.17, 15) is 13.2 Å². The quantitative estimate of drug-likeness (QED) is 0.872. The van der Waals surface area contributed by atoms with Crippen molar-refractivity contribution in [2.24, 2.45) is 0 Å². The van der Waals surface area contributed by atoms with Crippen LogP contribution in [0.25, 0.3) is 0 Å². The van der Waals surface area contributed by atoms with Crippen LogP contribution in [0.2, 0.25) is 0 Å². The first kappa shape index (κ1) is 13.6. The average molecular weight is 295 g/mol. The van der Waals surface area contributed by atoms with Gasteiger partial charge in [-0.1, -0.05) is 0 Å². The molecule has 3 rings (SSSR count). The summed E-state index contributed by atoms with van der Waals surface area (Å²) in [6.45, 7) is 1.03. The van der Waals surface area contributed by atoms with Gasteiger partial charge in [-0.2, -0.15) is 13.2 Å². The average Bonchev–Trinajstić information content (AvgIpc) is 2.46. The van der Waals surface area contributed by atoms with E-state index in [4.69, 9.17) is 5.73 Å². The maximum absolute atomic E-state index is 12.9. The predicted molar refractivity (Wildman–Crippen MR) is 70.4 cm³/mol. The summed E-state index contributed by atoms with van der Waals surface area (Å²) in [5, 5.41) is 0. The first-order valence-corrected chi connectivity index (χ1v) is 6.30. The fourth-order valence-electron chi connectivity index (χ4n) is 2.35. The van der Waals surface area contributed by atoms with Crippen LogP contribution >= 0.6 is 0 Å². The SMILES string of the molecule is Nc1ncc(N2CCc3ncncc3C2)cc1C(F)(F)F. The molecule has 2 aromatic heterocycles. The minimum Gasteiger partial charge on any atom is -0.383 e. The zero-order chi connectivity index (χ0) is 15.0. The number of fused-ring (bicyclic) bond motifs is 1. The first-order valence-electron chi connectivity index (χ1n) is 6.30. The Morgan fingerprint density at radius 1 is 1.19 bits per heavy atom. The van der Waals surface area contributed by atoms with Crippen molar-refractivity contribution in [3.05, 3.63) is 41.6 Å². The number of anilines is 2. The van der Waals surface area contributed by atoms with E-state index in [-0.39, 0.29) is 0 Å². The molecule has 0 unspecified atom stereocenters. The third kappa shape index (κ3) is 2.61. The minimum atomic E-state index is -4.51. The topological polar surface area (TPSA) is 67.9 Å². The van der Waals surface area contributed by atoms with Crippen molar-refractivity contribution in [3.63, 3.8) is 0 Å². The Balaban J connectivity index is 1.92. The molecule has 21 heavy (non-hydrogen) atoms. The van der Waals surface area contributed by atoms with Crippen molar-refractivity contribution in [2.75, 3.05) is 17.2 Å². The zero-order valence-electron chi connectivity index (χ0n) is 10.9. The fourth-order valence-corrected chi connectivity index (χ4v) is 2.35. The summed E-state index contributed by atoms with van der Waals surface area (Å²) in [5.41, 5.74) is 6.64. The molecule has 0 atom stereocenters. The number of pyridine rings is 1. The maximum Gasteiger partial charge on any atom is 0.420 e. The Hall–Kier alpha value is -2.38. The summed E-state index contributed by atoms with van der Waals surface area (Å²) in [7, 11) is 0. The molecule has 3 heterocycles. The molecule has 0 bridgehead atoms. The number of nitrogens with zero attached hydrogens (tertiary/aromatic N) is 4. The van der Waals surface area contributed by atoms with Crippen LogP contribution in [-0.4, -0.2) is 21.5 Å². The minimum absolute atomic E-state index is 0.394. The largest absolute Gasteiger partial charge is 0.420 e. The van der Waals surface area contributed by atoms with Crippen molar-refractivity contribution in [3.8, 4) is 0 Å². The highest BCUT2D eigenvalue weighted by Gasteiger charge is 2.34. The second kappa shape index (κ2) is 4.87. The Morgan fingerprint density at radius 2 is 2.00 bits per heavy atom. The third-order valence-electron chi connectivity index (χ3n) is 3.44. The van der Waals surface area contributed by atoms with Gasteiger partial charge >= 0.3 is 6.18 Å². The summed E-state index contributed by atoms with van der Waals surface area (Å²) in [6.07, 6.45) is 0.664. The summed E-state index contributed by atoms with van der Waals surface area (Å²) in [5.74, 6) is -0.507. The molecule has 2 N–H and O–H groups in total. The highest BCUT2D eigenvalue weighted by molar-refractivity contribution is 5.55. The van der Waals surface area contributed by atoms with Gasteiger partial charge in [0.25, 0.3) is 0 Å². The molecule has 0 radical (unpaired) electrons. The molecule has 1 aliphatic heterocycles. The lowest BCUT2D eigenvalue weighted by atomic mass is 10.1. The number of nitrogens with two attached hydrogens (primary N) is 1. The molecule has 1 aliphatic rings. The van der Waals surface area contributed by atoms with Gasteiger partial charge in [0.15, 0.2) is 0 Å². The van der Waals surface area contributed by atoms with Gasteiger partial charge in [0.2, 0.25) is 0 Å². The van der Waals surface area contributed by atoms with E-state index in [1.54, 1.807) is 6.20 Å².